The average molecular weight is 417 g/mol. The number of hydrogen-bond acceptors (Lipinski definition) is 1. The van der Waals surface area contributed by atoms with Gasteiger partial charge >= 0.3 is 0 Å². The van der Waals surface area contributed by atoms with Crippen molar-refractivity contribution in [1.29, 1.82) is 5.41 Å². The summed E-state index contributed by atoms with van der Waals surface area (Å²) in [6.07, 6.45) is 4.24. The van der Waals surface area contributed by atoms with Gasteiger partial charge in [-0.05, 0) is 34.7 Å². The molecule has 1 N–H and O–H groups in total. The van der Waals surface area contributed by atoms with Crippen LogP contribution in [0.1, 0.15) is 11.1 Å². The summed E-state index contributed by atoms with van der Waals surface area (Å²) in [5, 5.41) is 12.1. The fraction of sp³-hybridized carbons (Fsp3) is 0.0952. The Morgan fingerprint density at radius 3 is 2.15 bits per heavy atom. The minimum absolute atomic E-state index is 0.288. The monoisotopic (exact) mass is 415 g/mol. The molecule has 6 heteroatoms. The number of anilines is 2. The summed E-state index contributed by atoms with van der Waals surface area (Å²) in [5.74, 6) is 0.288. The fourth-order valence-electron chi connectivity index (χ4n) is 3.39. The Labute approximate surface area is 172 Å². The van der Waals surface area contributed by atoms with Crippen LogP contribution in [-0.2, 0) is 0 Å². The molecule has 4 rings (SSSR count). The molecule has 0 atom stereocenters. The van der Waals surface area contributed by atoms with E-state index in [1.54, 1.807) is 24.1 Å². The Morgan fingerprint density at radius 2 is 1.48 bits per heavy atom. The molecule has 0 unspecified atom stereocenters. The predicted octanol–water partition coefficient (Wildman–Crippen LogP) is 6.79. The molecule has 3 aromatic rings. The van der Waals surface area contributed by atoms with E-state index in [9.17, 15) is 0 Å². The summed E-state index contributed by atoms with van der Waals surface area (Å²) >= 11 is 18.3. The number of nitrogens with zero attached hydrogens (tertiary/aromatic N) is 2. The maximum Gasteiger partial charge on any atom is 0.202 e. The quantitative estimate of drug-likeness (QED) is 0.221. The van der Waals surface area contributed by atoms with Crippen LogP contribution in [0.4, 0.5) is 11.4 Å². The molecule has 0 spiro atoms. The Balaban J connectivity index is 1.73. The van der Waals surface area contributed by atoms with Crippen molar-refractivity contribution in [3.63, 3.8) is 0 Å². The SMILES string of the molecule is CN(C(=N)N(C)c1ccc2c3c(cccc13)C=C2)c1cc(Cl)c(Cl)c(Cl)c1. The largest absolute Gasteiger partial charge is 0.315 e. The smallest absolute Gasteiger partial charge is 0.202 e. The number of halogens is 3. The lowest BCUT2D eigenvalue weighted by Gasteiger charge is -2.29. The van der Waals surface area contributed by atoms with Crippen molar-refractivity contribution in [2.45, 2.75) is 0 Å². The summed E-state index contributed by atoms with van der Waals surface area (Å²) in [5.41, 5.74) is 4.06. The van der Waals surface area contributed by atoms with Gasteiger partial charge in [-0.15, -0.1) is 0 Å². The number of guanidine groups is 1. The lowest BCUT2D eigenvalue weighted by molar-refractivity contribution is 1.12. The molecule has 3 aromatic carbocycles. The second-order valence-electron chi connectivity index (χ2n) is 6.44. The van der Waals surface area contributed by atoms with Gasteiger partial charge in [-0.2, -0.15) is 0 Å². The highest BCUT2D eigenvalue weighted by atomic mass is 35.5. The summed E-state index contributed by atoms with van der Waals surface area (Å²) in [7, 11) is 3.68. The number of rotatable bonds is 2. The Hall–Kier alpha value is -2.20. The number of nitrogens with one attached hydrogen (secondary N) is 1. The number of benzene rings is 3. The average Bonchev–Trinajstić information content (AvgIpc) is 3.09. The van der Waals surface area contributed by atoms with Crippen molar-refractivity contribution >= 4 is 75.1 Å². The molecule has 0 saturated carbocycles. The molecule has 0 bridgehead atoms. The standard InChI is InChI=1S/C21H16Cl3N3/c1-26(14-10-16(22)20(24)17(23)11-14)21(25)27(2)18-9-8-13-7-6-12-4-3-5-15(18)19(12)13/h3-11,25H,1-2H3. The third kappa shape index (κ3) is 2.96. The molecule has 136 valence electrons. The minimum atomic E-state index is 0.288. The second-order valence-corrected chi connectivity index (χ2v) is 7.63. The van der Waals surface area contributed by atoms with Crippen molar-refractivity contribution in [2.75, 3.05) is 23.9 Å². The van der Waals surface area contributed by atoms with Crippen LogP contribution in [0.2, 0.25) is 15.1 Å². The van der Waals surface area contributed by atoms with Gasteiger partial charge in [-0.25, -0.2) is 0 Å². The first kappa shape index (κ1) is 18.2. The topological polar surface area (TPSA) is 30.3 Å². The summed E-state index contributed by atoms with van der Waals surface area (Å²) in [6, 6.07) is 13.8. The molecular weight excluding hydrogens is 401 g/mol. The summed E-state index contributed by atoms with van der Waals surface area (Å²) < 4.78 is 0. The van der Waals surface area contributed by atoms with Crippen LogP contribution in [0.5, 0.6) is 0 Å². The Morgan fingerprint density at radius 1 is 0.852 bits per heavy atom. The predicted molar refractivity (Wildman–Crippen MR) is 119 cm³/mol. The van der Waals surface area contributed by atoms with Gasteiger partial charge in [0.15, 0.2) is 0 Å². The van der Waals surface area contributed by atoms with E-state index < -0.39 is 0 Å². The maximum absolute atomic E-state index is 8.69. The zero-order chi connectivity index (χ0) is 19.3. The molecule has 1 aliphatic carbocycles. The van der Waals surface area contributed by atoms with Gasteiger partial charge in [-0.3, -0.25) is 5.41 Å². The van der Waals surface area contributed by atoms with Crippen molar-refractivity contribution in [3.05, 3.63) is 68.7 Å². The minimum Gasteiger partial charge on any atom is -0.315 e. The molecule has 3 nitrogen and oxygen atoms in total. The van der Waals surface area contributed by atoms with Crippen molar-refractivity contribution in [3.8, 4) is 0 Å². The molecular formula is C21H16Cl3N3. The number of hydrogen-bond donors (Lipinski definition) is 1. The highest BCUT2D eigenvalue weighted by Gasteiger charge is 2.19. The zero-order valence-corrected chi connectivity index (χ0v) is 17.0. The Kier molecular flexibility index (Phi) is 4.55. The van der Waals surface area contributed by atoms with E-state index in [-0.39, 0.29) is 5.96 Å². The van der Waals surface area contributed by atoms with Gasteiger partial charge in [0.05, 0.1) is 20.8 Å². The molecule has 0 saturated heterocycles. The van der Waals surface area contributed by atoms with Crippen LogP contribution in [0.15, 0.2) is 42.5 Å². The maximum atomic E-state index is 8.69. The van der Waals surface area contributed by atoms with Gasteiger partial charge < -0.3 is 9.80 Å². The van der Waals surface area contributed by atoms with Gasteiger partial charge in [0.2, 0.25) is 5.96 Å². The van der Waals surface area contributed by atoms with E-state index in [2.05, 4.69) is 30.4 Å². The van der Waals surface area contributed by atoms with E-state index in [0.717, 1.165) is 11.1 Å². The normalized spacial score (nSPS) is 11.9. The van der Waals surface area contributed by atoms with E-state index in [1.165, 1.54) is 16.5 Å². The zero-order valence-electron chi connectivity index (χ0n) is 14.7. The highest BCUT2D eigenvalue weighted by molar-refractivity contribution is 6.48. The highest BCUT2D eigenvalue weighted by Crippen LogP contribution is 2.38. The van der Waals surface area contributed by atoms with E-state index in [1.807, 2.05) is 24.1 Å². The molecule has 0 fully saturated rings. The van der Waals surface area contributed by atoms with Gasteiger partial charge in [-0.1, -0.05) is 71.2 Å². The van der Waals surface area contributed by atoms with E-state index >= 15 is 0 Å². The summed E-state index contributed by atoms with van der Waals surface area (Å²) in [4.78, 5) is 3.56. The third-order valence-corrected chi connectivity index (χ3v) is 6.07. The van der Waals surface area contributed by atoms with Crippen molar-refractivity contribution < 1.29 is 0 Å². The lowest BCUT2D eigenvalue weighted by atomic mass is 10.0. The first-order chi connectivity index (χ1) is 12.9. The second kappa shape index (κ2) is 6.75. The van der Waals surface area contributed by atoms with Gasteiger partial charge in [0.25, 0.3) is 0 Å². The van der Waals surface area contributed by atoms with Crippen LogP contribution in [-0.4, -0.2) is 20.1 Å². The van der Waals surface area contributed by atoms with Gasteiger partial charge in [0.1, 0.15) is 0 Å². The van der Waals surface area contributed by atoms with Crippen molar-refractivity contribution in [1.82, 2.24) is 0 Å². The first-order valence-electron chi connectivity index (χ1n) is 8.33. The van der Waals surface area contributed by atoms with Crippen molar-refractivity contribution in [2.24, 2.45) is 0 Å². The molecule has 0 radical (unpaired) electrons. The molecule has 0 heterocycles. The Bertz CT molecular complexity index is 1090. The van der Waals surface area contributed by atoms with Crippen LogP contribution in [0.3, 0.4) is 0 Å². The molecule has 0 amide bonds. The molecule has 0 aromatic heterocycles. The van der Waals surface area contributed by atoms with Crippen LogP contribution in [0, 0.1) is 5.41 Å². The van der Waals surface area contributed by atoms with Crippen LogP contribution < -0.4 is 9.80 Å². The van der Waals surface area contributed by atoms with E-state index in [0.29, 0.717) is 20.8 Å². The fourth-order valence-corrected chi connectivity index (χ4v) is 3.98. The third-order valence-electron chi connectivity index (χ3n) is 4.88. The summed E-state index contributed by atoms with van der Waals surface area (Å²) in [6.45, 7) is 0. The lowest BCUT2D eigenvalue weighted by Crippen LogP contribution is -2.39. The molecule has 1 aliphatic rings. The van der Waals surface area contributed by atoms with Crippen LogP contribution >= 0.6 is 34.8 Å². The van der Waals surface area contributed by atoms with E-state index in [4.69, 9.17) is 40.2 Å². The van der Waals surface area contributed by atoms with Gasteiger partial charge in [0, 0.05) is 25.2 Å². The molecule has 0 aliphatic heterocycles. The van der Waals surface area contributed by atoms with Crippen LogP contribution in [0.25, 0.3) is 22.9 Å². The first-order valence-corrected chi connectivity index (χ1v) is 9.46. The molecule has 27 heavy (non-hydrogen) atoms.